The highest BCUT2D eigenvalue weighted by Gasteiger charge is 2.44. The third-order valence-electron chi connectivity index (χ3n) is 6.11. The molecule has 0 bridgehead atoms. The van der Waals surface area contributed by atoms with Crippen molar-refractivity contribution in [2.75, 3.05) is 13.1 Å². The number of hydrogen-bond acceptors (Lipinski definition) is 6. The summed E-state index contributed by atoms with van der Waals surface area (Å²) in [5.74, 6) is -1.90. The smallest absolute Gasteiger partial charge is 0.262 e. The Morgan fingerprint density at radius 1 is 1.10 bits per heavy atom. The zero-order chi connectivity index (χ0) is 20.9. The lowest BCUT2D eigenvalue weighted by Gasteiger charge is -2.45. The van der Waals surface area contributed by atoms with E-state index in [-0.39, 0.29) is 24.3 Å². The second kappa shape index (κ2) is 7.03. The molecular weight excluding hydrogens is 372 g/mol. The average Bonchev–Trinajstić information content (AvgIpc) is 2.90. The van der Waals surface area contributed by atoms with Crippen LogP contribution in [0.15, 0.2) is 18.2 Å². The van der Waals surface area contributed by atoms with Gasteiger partial charge in [0.05, 0.1) is 11.1 Å². The van der Waals surface area contributed by atoms with Gasteiger partial charge in [-0.05, 0) is 44.9 Å². The lowest BCUT2D eigenvalue weighted by molar-refractivity contribution is -0.136. The topological polar surface area (TPSA) is 98.8 Å². The molecule has 29 heavy (non-hydrogen) atoms. The number of fused-ring (bicyclic) bond motifs is 1. The number of hydrogen-bond donors (Lipinski definition) is 2. The molecule has 0 spiro atoms. The number of imide groups is 2. The van der Waals surface area contributed by atoms with Crippen LogP contribution in [0.4, 0.5) is 0 Å². The fourth-order valence-electron chi connectivity index (χ4n) is 4.29. The van der Waals surface area contributed by atoms with E-state index < -0.39 is 23.8 Å². The Hall–Kier alpha value is -2.58. The molecule has 1 aromatic rings. The molecule has 2 atom stereocenters. The van der Waals surface area contributed by atoms with Gasteiger partial charge in [0.1, 0.15) is 6.04 Å². The summed E-state index contributed by atoms with van der Waals surface area (Å²) < 4.78 is 0. The first-order valence-corrected chi connectivity index (χ1v) is 10.0. The van der Waals surface area contributed by atoms with Gasteiger partial charge in [0, 0.05) is 37.6 Å². The molecular formula is C21H26N4O4. The molecule has 3 aliphatic heterocycles. The lowest BCUT2D eigenvalue weighted by atomic mass is 9.96. The van der Waals surface area contributed by atoms with Crippen LogP contribution in [0.25, 0.3) is 0 Å². The van der Waals surface area contributed by atoms with E-state index in [0.29, 0.717) is 23.7 Å². The third kappa shape index (κ3) is 3.47. The quantitative estimate of drug-likeness (QED) is 0.726. The summed E-state index contributed by atoms with van der Waals surface area (Å²) in [7, 11) is 0. The zero-order valence-corrected chi connectivity index (χ0v) is 16.9. The maximum atomic E-state index is 13.0. The average molecular weight is 398 g/mol. The number of rotatable bonds is 3. The predicted molar refractivity (Wildman–Crippen MR) is 105 cm³/mol. The summed E-state index contributed by atoms with van der Waals surface area (Å²) in [6.07, 6.45) is 0.279. The van der Waals surface area contributed by atoms with Crippen LogP contribution in [0.1, 0.15) is 59.9 Å². The SMILES string of the molecule is CC1CN(Cc2ccc3c(c2)C(=O)N(C2CCC(=O)NC2=O)C3=O)C(C)(C)CN1. The molecule has 3 heterocycles. The van der Waals surface area contributed by atoms with Gasteiger partial charge in [-0.15, -0.1) is 0 Å². The molecule has 0 saturated carbocycles. The maximum Gasteiger partial charge on any atom is 0.262 e. The van der Waals surface area contributed by atoms with Crippen molar-refractivity contribution in [3.05, 3.63) is 34.9 Å². The van der Waals surface area contributed by atoms with Crippen molar-refractivity contribution >= 4 is 23.6 Å². The van der Waals surface area contributed by atoms with E-state index >= 15 is 0 Å². The van der Waals surface area contributed by atoms with Crippen molar-refractivity contribution in [3.8, 4) is 0 Å². The number of benzene rings is 1. The second-order valence-corrected chi connectivity index (χ2v) is 8.80. The fraction of sp³-hybridized carbons (Fsp3) is 0.524. The van der Waals surface area contributed by atoms with Crippen LogP contribution >= 0.6 is 0 Å². The highest BCUT2D eigenvalue weighted by Crippen LogP contribution is 2.29. The molecule has 2 unspecified atom stereocenters. The molecule has 0 radical (unpaired) electrons. The Kier molecular flexibility index (Phi) is 4.78. The Balaban J connectivity index is 1.57. The molecule has 1 aromatic carbocycles. The Bertz CT molecular complexity index is 910. The molecule has 2 fully saturated rings. The van der Waals surface area contributed by atoms with Crippen LogP contribution in [-0.4, -0.2) is 64.1 Å². The molecule has 8 heteroatoms. The number of nitrogens with one attached hydrogen (secondary N) is 2. The van der Waals surface area contributed by atoms with Crippen LogP contribution < -0.4 is 10.6 Å². The molecule has 0 aliphatic carbocycles. The molecule has 154 valence electrons. The summed E-state index contributed by atoms with van der Waals surface area (Å²) in [6.45, 7) is 8.94. The molecule has 2 saturated heterocycles. The first-order chi connectivity index (χ1) is 13.7. The van der Waals surface area contributed by atoms with E-state index in [9.17, 15) is 19.2 Å². The van der Waals surface area contributed by atoms with E-state index in [2.05, 4.69) is 36.3 Å². The molecule has 4 rings (SSSR count). The number of piperazine rings is 1. The number of nitrogens with zero attached hydrogens (tertiary/aromatic N) is 2. The number of carbonyl (C=O) groups is 4. The molecule has 2 N–H and O–H groups in total. The summed E-state index contributed by atoms with van der Waals surface area (Å²) in [5, 5.41) is 5.70. The van der Waals surface area contributed by atoms with Crippen LogP contribution in [0, 0.1) is 0 Å². The summed E-state index contributed by atoms with van der Waals surface area (Å²) in [6, 6.07) is 4.76. The van der Waals surface area contributed by atoms with Crippen LogP contribution in [0.3, 0.4) is 0 Å². The van der Waals surface area contributed by atoms with Crippen molar-refractivity contribution in [2.24, 2.45) is 0 Å². The predicted octanol–water partition coefficient (Wildman–Crippen LogP) is 0.660. The zero-order valence-electron chi connectivity index (χ0n) is 16.9. The Morgan fingerprint density at radius 2 is 1.83 bits per heavy atom. The Morgan fingerprint density at radius 3 is 2.55 bits per heavy atom. The first kappa shape index (κ1) is 19.7. The van der Waals surface area contributed by atoms with Crippen LogP contribution in [0.2, 0.25) is 0 Å². The van der Waals surface area contributed by atoms with E-state index in [1.807, 2.05) is 6.07 Å². The van der Waals surface area contributed by atoms with Gasteiger partial charge >= 0.3 is 0 Å². The first-order valence-electron chi connectivity index (χ1n) is 10.0. The summed E-state index contributed by atoms with van der Waals surface area (Å²) in [4.78, 5) is 52.7. The van der Waals surface area contributed by atoms with Crippen molar-refractivity contribution < 1.29 is 19.2 Å². The van der Waals surface area contributed by atoms with Gasteiger partial charge in [0.2, 0.25) is 11.8 Å². The fourth-order valence-corrected chi connectivity index (χ4v) is 4.29. The number of amides is 4. The minimum Gasteiger partial charge on any atom is -0.311 e. The van der Waals surface area contributed by atoms with Crippen molar-refractivity contribution in [1.82, 2.24) is 20.4 Å². The van der Waals surface area contributed by atoms with Crippen LogP contribution in [0.5, 0.6) is 0 Å². The van der Waals surface area contributed by atoms with Crippen LogP contribution in [-0.2, 0) is 16.1 Å². The van der Waals surface area contributed by atoms with E-state index in [1.54, 1.807) is 12.1 Å². The van der Waals surface area contributed by atoms with Gasteiger partial charge in [-0.1, -0.05) is 6.07 Å². The summed E-state index contributed by atoms with van der Waals surface area (Å²) >= 11 is 0. The molecule has 3 aliphatic rings. The number of carbonyl (C=O) groups excluding carboxylic acids is 4. The highest BCUT2D eigenvalue weighted by molar-refractivity contribution is 6.23. The minimum absolute atomic E-state index is 0.0237. The standard InChI is InChI=1S/C21H26N4O4/c1-12-9-24(21(2,3)11-22-12)10-13-4-5-14-15(8-13)20(29)25(19(14)28)16-6-7-17(26)23-18(16)27/h4-5,8,12,16,22H,6-7,9-11H2,1-3H3,(H,23,26,27). The lowest BCUT2D eigenvalue weighted by Crippen LogP contribution is -2.60. The van der Waals surface area contributed by atoms with Gasteiger partial charge in [-0.2, -0.15) is 0 Å². The maximum absolute atomic E-state index is 13.0. The van der Waals surface area contributed by atoms with Crippen molar-refractivity contribution in [2.45, 2.75) is 57.8 Å². The van der Waals surface area contributed by atoms with E-state index in [1.165, 1.54) is 0 Å². The van der Waals surface area contributed by atoms with Crippen molar-refractivity contribution in [3.63, 3.8) is 0 Å². The van der Waals surface area contributed by atoms with E-state index in [0.717, 1.165) is 23.6 Å². The second-order valence-electron chi connectivity index (χ2n) is 8.80. The van der Waals surface area contributed by atoms with E-state index in [4.69, 9.17) is 0 Å². The monoisotopic (exact) mass is 398 g/mol. The van der Waals surface area contributed by atoms with Gasteiger partial charge in [0.15, 0.2) is 0 Å². The number of piperidine rings is 1. The minimum atomic E-state index is -0.934. The normalized spacial score (nSPS) is 27.2. The van der Waals surface area contributed by atoms with Gasteiger partial charge in [-0.3, -0.25) is 34.3 Å². The van der Waals surface area contributed by atoms with Crippen molar-refractivity contribution in [1.29, 1.82) is 0 Å². The third-order valence-corrected chi connectivity index (χ3v) is 6.11. The Labute approximate surface area is 169 Å². The van der Waals surface area contributed by atoms with Gasteiger partial charge in [0.25, 0.3) is 11.8 Å². The van der Waals surface area contributed by atoms with Gasteiger partial charge < -0.3 is 5.32 Å². The molecule has 8 nitrogen and oxygen atoms in total. The summed E-state index contributed by atoms with van der Waals surface area (Å²) in [5.41, 5.74) is 1.58. The highest BCUT2D eigenvalue weighted by atomic mass is 16.2. The molecule has 0 aromatic heterocycles. The molecule has 4 amide bonds. The largest absolute Gasteiger partial charge is 0.311 e. The van der Waals surface area contributed by atoms with Gasteiger partial charge in [-0.25, -0.2) is 0 Å².